The van der Waals surface area contributed by atoms with Gasteiger partial charge in [0.05, 0.1) is 23.6 Å². The fraction of sp³-hybridized carbons (Fsp3) is 0.158. The molecule has 1 atom stereocenters. The minimum atomic E-state index is -0.766. The highest BCUT2D eigenvalue weighted by Gasteiger charge is 2.20. The van der Waals surface area contributed by atoms with Crippen LogP contribution < -0.4 is 5.32 Å². The number of nitrogens with zero attached hydrogens (tertiary/aromatic N) is 1. The zero-order valence-electron chi connectivity index (χ0n) is 14.6. The van der Waals surface area contributed by atoms with Gasteiger partial charge in [-0.3, -0.25) is 14.9 Å². The summed E-state index contributed by atoms with van der Waals surface area (Å²) in [4.78, 5) is 34.7. The minimum Gasteiger partial charge on any atom is -0.465 e. The zero-order valence-corrected chi connectivity index (χ0v) is 14.6. The molecule has 0 spiro atoms. The molecule has 0 radical (unpaired) electrons. The second kappa shape index (κ2) is 7.28. The number of furan rings is 1. The summed E-state index contributed by atoms with van der Waals surface area (Å²) >= 11 is 0. The van der Waals surface area contributed by atoms with Gasteiger partial charge in [0.2, 0.25) is 0 Å². The number of para-hydroxylation sites is 1. The molecule has 0 bridgehead atoms. The largest absolute Gasteiger partial charge is 0.465 e. The van der Waals surface area contributed by atoms with Gasteiger partial charge in [-0.05, 0) is 25.1 Å². The summed E-state index contributed by atoms with van der Waals surface area (Å²) in [6.45, 7) is 1.73. The quantitative estimate of drug-likeness (QED) is 0.418. The molecule has 0 aliphatic carbocycles. The number of ether oxygens (including phenoxy) is 1. The molecule has 0 saturated heterocycles. The van der Waals surface area contributed by atoms with Crippen LogP contribution in [0, 0.1) is 10.1 Å². The standard InChI is InChI=1S/C19H16N2O6/c1-11(17-10-12-5-3-4-6-16(12)27-17)20-18(22)13-7-14(19(23)26-2)9-15(8-13)21(24)25/h3-11H,1-2H3,(H,20,22)/t11-/m1/s1. The van der Waals surface area contributed by atoms with Gasteiger partial charge in [-0.2, -0.15) is 0 Å². The summed E-state index contributed by atoms with van der Waals surface area (Å²) in [5.74, 6) is -0.793. The lowest BCUT2D eigenvalue weighted by molar-refractivity contribution is -0.384. The Morgan fingerprint density at radius 3 is 2.52 bits per heavy atom. The highest BCUT2D eigenvalue weighted by atomic mass is 16.6. The average Bonchev–Trinajstić information content (AvgIpc) is 3.11. The highest BCUT2D eigenvalue weighted by molar-refractivity contribution is 5.99. The van der Waals surface area contributed by atoms with Gasteiger partial charge in [0.25, 0.3) is 11.6 Å². The average molecular weight is 368 g/mol. The first kappa shape index (κ1) is 18.1. The normalized spacial score (nSPS) is 11.8. The van der Waals surface area contributed by atoms with Crippen LogP contribution in [-0.2, 0) is 4.74 Å². The molecular weight excluding hydrogens is 352 g/mol. The van der Waals surface area contributed by atoms with E-state index in [1.165, 1.54) is 6.07 Å². The number of fused-ring (bicyclic) bond motifs is 1. The van der Waals surface area contributed by atoms with Crippen LogP contribution in [0.3, 0.4) is 0 Å². The molecule has 3 rings (SSSR count). The number of non-ortho nitro benzene ring substituents is 1. The van der Waals surface area contributed by atoms with Gasteiger partial charge in [-0.1, -0.05) is 18.2 Å². The number of nitro groups is 1. The first-order chi connectivity index (χ1) is 12.9. The Labute approximate surface area is 153 Å². The van der Waals surface area contributed by atoms with E-state index in [-0.39, 0.29) is 16.8 Å². The molecule has 1 amide bonds. The summed E-state index contributed by atoms with van der Waals surface area (Å²) in [7, 11) is 1.16. The van der Waals surface area contributed by atoms with Crippen molar-refractivity contribution in [2.75, 3.05) is 7.11 Å². The van der Waals surface area contributed by atoms with Crippen LogP contribution in [0.4, 0.5) is 5.69 Å². The van der Waals surface area contributed by atoms with E-state index in [9.17, 15) is 19.7 Å². The van der Waals surface area contributed by atoms with Crippen LogP contribution in [0.25, 0.3) is 11.0 Å². The van der Waals surface area contributed by atoms with E-state index in [2.05, 4.69) is 10.1 Å². The van der Waals surface area contributed by atoms with Crippen molar-refractivity contribution in [2.24, 2.45) is 0 Å². The van der Waals surface area contributed by atoms with Crippen LogP contribution in [0.15, 0.2) is 52.9 Å². The maximum Gasteiger partial charge on any atom is 0.338 e. The fourth-order valence-electron chi connectivity index (χ4n) is 2.65. The zero-order chi connectivity index (χ0) is 19.6. The van der Waals surface area contributed by atoms with Crippen molar-refractivity contribution in [3.8, 4) is 0 Å². The lowest BCUT2D eigenvalue weighted by Gasteiger charge is -2.12. The van der Waals surface area contributed by atoms with E-state index in [4.69, 9.17) is 4.42 Å². The Kier molecular flexibility index (Phi) is 4.89. The molecule has 8 nitrogen and oxygen atoms in total. The van der Waals surface area contributed by atoms with E-state index in [1.807, 2.05) is 30.3 Å². The van der Waals surface area contributed by atoms with Crippen LogP contribution in [0.5, 0.6) is 0 Å². The lowest BCUT2D eigenvalue weighted by Crippen LogP contribution is -2.26. The van der Waals surface area contributed by atoms with Crippen LogP contribution >= 0.6 is 0 Å². The number of rotatable bonds is 5. The molecule has 1 heterocycles. The molecule has 0 aliphatic heterocycles. The van der Waals surface area contributed by atoms with E-state index >= 15 is 0 Å². The predicted molar refractivity (Wildman–Crippen MR) is 96.5 cm³/mol. The topological polar surface area (TPSA) is 112 Å². The predicted octanol–water partition coefficient (Wildman–Crippen LogP) is 3.62. The summed E-state index contributed by atoms with van der Waals surface area (Å²) in [6, 6.07) is 12.2. The Hall–Kier alpha value is -3.68. The maximum absolute atomic E-state index is 12.6. The number of nitrogens with one attached hydrogen (secondary N) is 1. The number of nitro benzene ring substituents is 1. The summed E-state index contributed by atoms with van der Waals surface area (Å²) in [6.07, 6.45) is 0. The third-order valence-electron chi connectivity index (χ3n) is 4.03. The Balaban J connectivity index is 1.87. The van der Waals surface area contributed by atoms with Crippen molar-refractivity contribution in [3.05, 3.63) is 75.5 Å². The Morgan fingerprint density at radius 1 is 1.15 bits per heavy atom. The third-order valence-corrected chi connectivity index (χ3v) is 4.03. The van der Waals surface area contributed by atoms with Crippen molar-refractivity contribution in [3.63, 3.8) is 0 Å². The molecule has 0 fully saturated rings. The number of amides is 1. The van der Waals surface area contributed by atoms with Gasteiger partial charge in [0, 0.05) is 23.1 Å². The van der Waals surface area contributed by atoms with E-state index < -0.39 is 22.8 Å². The molecule has 2 aromatic carbocycles. The molecule has 138 valence electrons. The second-order valence-electron chi connectivity index (χ2n) is 5.90. The molecule has 27 heavy (non-hydrogen) atoms. The molecule has 0 unspecified atom stereocenters. The first-order valence-corrected chi connectivity index (χ1v) is 8.06. The molecule has 0 aliphatic rings. The monoisotopic (exact) mass is 368 g/mol. The van der Waals surface area contributed by atoms with Crippen LogP contribution in [-0.4, -0.2) is 23.9 Å². The number of carbonyl (C=O) groups excluding carboxylic acids is 2. The number of esters is 1. The number of benzene rings is 2. The summed E-state index contributed by atoms with van der Waals surface area (Å²) in [5, 5.41) is 14.7. The Bertz CT molecular complexity index is 1010. The smallest absolute Gasteiger partial charge is 0.338 e. The highest BCUT2D eigenvalue weighted by Crippen LogP contribution is 2.24. The second-order valence-corrected chi connectivity index (χ2v) is 5.90. The molecule has 1 aromatic heterocycles. The molecule has 1 N–H and O–H groups in total. The van der Waals surface area contributed by atoms with E-state index in [0.29, 0.717) is 11.3 Å². The van der Waals surface area contributed by atoms with Gasteiger partial charge in [-0.15, -0.1) is 0 Å². The SMILES string of the molecule is COC(=O)c1cc(C(=O)N[C@H](C)c2cc3ccccc3o2)cc([N+](=O)[O-])c1. The van der Waals surface area contributed by atoms with Gasteiger partial charge >= 0.3 is 5.97 Å². The van der Waals surface area contributed by atoms with Crippen molar-refractivity contribution in [2.45, 2.75) is 13.0 Å². The van der Waals surface area contributed by atoms with E-state index in [0.717, 1.165) is 24.6 Å². The molecule has 3 aromatic rings. The number of carbonyl (C=O) groups is 2. The number of methoxy groups -OCH3 is 1. The minimum absolute atomic E-state index is 0.0208. The van der Waals surface area contributed by atoms with E-state index in [1.54, 1.807) is 6.92 Å². The Morgan fingerprint density at radius 2 is 1.85 bits per heavy atom. The first-order valence-electron chi connectivity index (χ1n) is 8.06. The van der Waals surface area contributed by atoms with Crippen molar-refractivity contribution < 1.29 is 23.7 Å². The van der Waals surface area contributed by atoms with Gasteiger partial charge in [0.15, 0.2) is 0 Å². The summed E-state index contributed by atoms with van der Waals surface area (Å²) < 4.78 is 10.3. The van der Waals surface area contributed by atoms with Crippen LogP contribution in [0.2, 0.25) is 0 Å². The number of hydrogen-bond acceptors (Lipinski definition) is 6. The van der Waals surface area contributed by atoms with Gasteiger partial charge < -0.3 is 14.5 Å². The van der Waals surface area contributed by atoms with Crippen LogP contribution in [0.1, 0.15) is 39.4 Å². The number of hydrogen-bond donors (Lipinski definition) is 1. The maximum atomic E-state index is 12.6. The summed E-state index contributed by atoms with van der Waals surface area (Å²) in [5.41, 5.74) is 0.220. The fourth-order valence-corrected chi connectivity index (χ4v) is 2.65. The molecule has 0 saturated carbocycles. The van der Waals surface area contributed by atoms with Gasteiger partial charge in [0.1, 0.15) is 11.3 Å². The lowest BCUT2D eigenvalue weighted by atomic mass is 10.1. The van der Waals surface area contributed by atoms with Crippen molar-refractivity contribution in [1.29, 1.82) is 0 Å². The molecular formula is C19H16N2O6. The van der Waals surface area contributed by atoms with Crippen molar-refractivity contribution in [1.82, 2.24) is 5.32 Å². The van der Waals surface area contributed by atoms with Gasteiger partial charge in [-0.25, -0.2) is 4.79 Å². The third kappa shape index (κ3) is 3.79. The van der Waals surface area contributed by atoms with Crippen molar-refractivity contribution >= 4 is 28.5 Å². The molecule has 8 heteroatoms.